The lowest BCUT2D eigenvalue weighted by molar-refractivity contribution is 0.397. The average Bonchev–Trinajstić information content (AvgIpc) is 2.70. The summed E-state index contributed by atoms with van der Waals surface area (Å²) in [4.78, 5) is 4.40. The van der Waals surface area contributed by atoms with Crippen molar-refractivity contribution in [3.05, 3.63) is 58.1 Å². The van der Waals surface area contributed by atoms with E-state index in [2.05, 4.69) is 136 Å². The van der Waals surface area contributed by atoms with Gasteiger partial charge >= 0.3 is 0 Å². The highest BCUT2D eigenvalue weighted by Crippen LogP contribution is 2.52. The Hall–Kier alpha value is -1.23. The molecule has 2 aromatic rings. The predicted molar refractivity (Wildman–Crippen MR) is 168 cm³/mol. The van der Waals surface area contributed by atoms with Gasteiger partial charge in [-0.3, -0.25) is 0 Å². The molecule has 1 unspecified atom stereocenters. The summed E-state index contributed by atoms with van der Waals surface area (Å²) in [5.41, 5.74) is 7.39. The third kappa shape index (κ3) is 7.90. The van der Waals surface area contributed by atoms with E-state index in [0.29, 0.717) is 0 Å². The van der Waals surface area contributed by atoms with Crippen LogP contribution in [0, 0.1) is 0 Å². The van der Waals surface area contributed by atoms with E-state index in [0.717, 1.165) is 24.1 Å². The van der Waals surface area contributed by atoms with Gasteiger partial charge in [-0.15, -0.1) is 0 Å². The molecule has 0 aliphatic heterocycles. The fourth-order valence-electron chi connectivity index (χ4n) is 4.68. The van der Waals surface area contributed by atoms with Gasteiger partial charge in [-0.05, 0) is 84.1 Å². The van der Waals surface area contributed by atoms with Crippen molar-refractivity contribution in [2.24, 2.45) is 0 Å². The molecule has 0 saturated carbocycles. The van der Waals surface area contributed by atoms with Crippen LogP contribution in [0.25, 0.3) is 0 Å². The molecule has 0 aromatic heterocycles. The van der Waals surface area contributed by atoms with E-state index in [4.69, 9.17) is 16.3 Å². The minimum atomic E-state index is -2.68. The smallest absolute Gasteiger partial charge is 0.183 e. The second-order valence-electron chi connectivity index (χ2n) is 13.9. The Labute approximate surface area is 233 Å². The van der Waals surface area contributed by atoms with Crippen LogP contribution >= 0.6 is 6.42 Å². The van der Waals surface area contributed by atoms with Gasteiger partial charge in [0.25, 0.3) is 0 Å². The zero-order valence-corrected chi connectivity index (χ0v) is 27.7. The third-order valence-electron chi connectivity index (χ3n) is 6.61. The molecule has 1 atom stereocenters. The van der Waals surface area contributed by atoms with E-state index in [9.17, 15) is 0 Å². The number of rotatable bonds is 8. The van der Waals surface area contributed by atoms with E-state index in [1.807, 2.05) is 0 Å². The molecule has 0 heterocycles. The quantitative estimate of drug-likeness (QED) is 0.349. The Kier molecular flexibility index (Phi) is 9.92. The van der Waals surface area contributed by atoms with Gasteiger partial charge in [-0.1, -0.05) is 92.6 Å². The molecule has 4 nitrogen and oxygen atoms in total. The standard InChI is InChI=1S/C31H52N3OPS/c1-29(2,3)24-18-25(30(4,5)6)27(26(19-24)31(7,8)9)32-36(37,35-14)28-22(20-33(10)11)16-15-17-23(28)21-34(12)13/h15-19H,20-21H2,1-14H3,(H,32,37). The molecule has 1 N–H and O–H groups in total. The maximum Gasteiger partial charge on any atom is 0.183 e. The SMILES string of the molecule is COP(=S)(Nc1c(C(C)(C)C)cc(C(C)(C)C)cc1C(C)(C)C)c1c(CN(C)C)cccc1CN(C)C. The Bertz CT molecular complexity index is 1070. The topological polar surface area (TPSA) is 27.7 Å². The van der Waals surface area contributed by atoms with E-state index in [-0.39, 0.29) is 16.2 Å². The second kappa shape index (κ2) is 11.5. The van der Waals surface area contributed by atoms with E-state index in [1.54, 1.807) is 7.11 Å². The number of hydrogen-bond donors (Lipinski definition) is 1. The average molecular weight is 546 g/mol. The highest BCUT2D eigenvalue weighted by molar-refractivity contribution is 8.16. The van der Waals surface area contributed by atoms with Crippen LogP contribution in [0.2, 0.25) is 0 Å². The number of anilines is 1. The van der Waals surface area contributed by atoms with Crippen LogP contribution in [-0.4, -0.2) is 45.1 Å². The first kappa shape index (κ1) is 32.0. The van der Waals surface area contributed by atoms with Crippen LogP contribution in [0.1, 0.15) is 90.1 Å². The number of hydrogen-bond acceptors (Lipinski definition) is 4. The maximum absolute atomic E-state index is 6.54. The van der Waals surface area contributed by atoms with Crippen molar-refractivity contribution in [3.63, 3.8) is 0 Å². The molecule has 2 aromatic carbocycles. The first-order valence-electron chi connectivity index (χ1n) is 13.2. The van der Waals surface area contributed by atoms with Crippen molar-refractivity contribution in [2.75, 3.05) is 40.4 Å². The highest BCUT2D eigenvalue weighted by Gasteiger charge is 2.34. The largest absolute Gasteiger partial charge is 0.334 e. The third-order valence-corrected chi connectivity index (χ3v) is 10.1. The van der Waals surface area contributed by atoms with Crippen LogP contribution < -0.4 is 10.4 Å². The molecule has 0 aliphatic carbocycles. The maximum atomic E-state index is 6.54. The first-order chi connectivity index (χ1) is 16.7. The van der Waals surface area contributed by atoms with Gasteiger partial charge in [0.1, 0.15) is 0 Å². The lowest BCUT2D eigenvalue weighted by Crippen LogP contribution is -2.29. The van der Waals surface area contributed by atoms with E-state index in [1.165, 1.54) is 27.8 Å². The van der Waals surface area contributed by atoms with Crippen molar-refractivity contribution < 1.29 is 4.52 Å². The Balaban J connectivity index is 2.95. The van der Waals surface area contributed by atoms with Gasteiger partial charge in [0.05, 0.1) is 0 Å². The molecule has 0 fully saturated rings. The van der Waals surface area contributed by atoms with Crippen LogP contribution in [0.3, 0.4) is 0 Å². The summed E-state index contributed by atoms with van der Waals surface area (Å²) >= 11 is 6.54. The second-order valence-corrected chi connectivity index (χ2v) is 17.6. The molecule has 37 heavy (non-hydrogen) atoms. The first-order valence-corrected chi connectivity index (χ1v) is 16.0. The molecular weight excluding hydrogens is 493 g/mol. The van der Waals surface area contributed by atoms with Crippen molar-refractivity contribution in [1.82, 2.24) is 9.80 Å². The molecule has 208 valence electrons. The summed E-state index contributed by atoms with van der Waals surface area (Å²) in [6.07, 6.45) is -2.68. The molecule has 0 saturated heterocycles. The van der Waals surface area contributed by atoms with Crippen LogP contribution in [0.4, 0.5) is 5.69 Å². The Morgan fingerprint density at radius 3 is 1.46 bits per heavy atom. The fraction of sp³-hybridized carbons (Fsp3) is 0.613. The molecule has 0 radical (unpaired) electrons. The van der Waals surface area contributed by atoms with Crippen molar-refractivity contribution in [3.8, 4) is 0 Å². The van der Waals surface area contributed by atoms with Gasteiger partial charge in [0, 0.05) is 31.2 Å². The lowest BCUT2D eigenvalue weighted by Gasteiger charge is -2.37. The lowest BCUT2D eigenvalue weighted by atomic mass is 9.74. The van der Waals surface area contributed by atoms with E-state index >= 15 is 0 Å². The summed E-state index contributed by atoms with van der Waals surface area (Å²) < 4.78 is 6.38. The monoisotopic (exact) mass is 545 g/mol. The molecule has 0 amide bonds. The fourth-order valence-corrected chi connectivity index (χ4v) is 7.62. The predicted octanol–water partition coefficient (Wildman–Crippen LogP) is 7.40. The van der Waals surface area contributed by atoms with Gasteiger partial charge in [0.2, 0.25) is 0 Å². The molecule has 0 bridgehead atoms. The summed E-state index contributed by atoms with van der Waals surface area (Å²) in [7, 11) is 10.2. The molecule has 0 aliphatic rings. The minimum Gasteiger partial charge on any atom is -0.334 e. The van der Waals surface area contributed by atoms with Crippen molar-refractivity contribution in [1.29, 1.82) is 0 Å². The zero-order chi connectivity index (χ0) is 28.6. The molecular formula is C31H52N3OPS. The number of benzene rings is 2. The van der Waals surface area contributed by atoms with Crippen molar-refractivity contribution >= 4 is 29.2 Å². The summed E-state index contributed by atoms with van der Waals surface area (Å²) in [6.45, 7) is 22.2. The number of nitrogens with zero attached hydrogens (tertiary/aromatic N) is 2. The van der Waals surface area contributed by atoms with Gasteiger partial charge in [-0.25, -0.2) is 0 Å². The van der Waals surface area contributed by atoms with Gasteiger partial charge < -0.3 is 19.4 Å². The van der Waals surface area contributed by atoms with Crippen LogP contribution in [0.15, 0.2) is 30.3 Å². The van der Waals surface area contributed by atoms with Gasteiger partial charge in [0.15, 0.2) is 6.42 Å². The normalized spacial score (nSPS) is 14.8. The molecule has 0 spiro atoms. The highest BCUT2D eigenvalue weighted by atomic mass is 32.4. The van der Waals surface area contributed by atoms with E-state index < -0.39 is 6.42 Å². The van der Waals surface area contributed by atoms with Gasteiger partial charge in [-0.2, -0.15) is 0 Å². The zero-order valence-electron chi connectivity index (χ0n) is 26.0. The van der Waals surface area contributed by atoms with Crippen LogP contribution in [-0.2, 0) is 45.7 Å². The van der Waals surface area contributed by atoms with Crippen molar-refractivity contribution in [2.45, 2.75) is 91.6 Å². The minimum absolute atomic E-state index is 0.0389. The number of nitrogens with one attached hydrogen (secondary N) is 1. The summed E-state index contributed by atoms with van der Waals surface area (Å²) in [5, 5.41) is 5.09. The Morgan fingerprint density at radius 1 is 0.757 bits per heavy atom. The Morgan fingerprint density at radius 2 is 1.16 bits per heavy atom. The molecule has 2 rings (SSSR count). The summed E-state index contributed by atoms with van der Waals surface area (Å²) in [5.74, 6) is 0. The van der Waals surface area contributed by atoms with Crippen LogP contribution in [0.5, 0.6) is 0 Å². The summed E-state index contributed by atoms with van der Waals surface area (Å²) in [6, 6.07) is 11.3. The molecule has 6 heteroatoms.